The smallest absolute Gasteiger partial charge is 1.00 e. The number of hydrogen-bond acceptors (Lipinski definition) is 1. The molecule has 2 aromatic carbocycles. The molecule has 3 rings (SSSR count). The van der Waals surface area contributed by atoms with Crippen LogP contribution in [-0.2, 0) is 26.2 Å². The maximum Gasteiger partial charge on any atom is 4.00 e. The number of para-hydroxylation sites is 2. The number of nitrogens with one attached hydrogen (secondary N) is 1. The second kappa shape index (κ2) is 17.0. The van der Waals surface area contributed by atoms with Crippen molar-refractivity contribution < 1.29 is 75.8 Å². The van der Waals surface area contributed by atoms with E-state index in [1.165, 1.54) is 0 Å². The Balaban J connectivity index is -0.000000107. The SMILES string of the molecule is [Cl-].[Cl-].[Cl-].[Cl-].[Zr+4].[c-]1nc2ccccc2[nH]1.c1ccccc1. The third-order valence-electron chi connectivity index (χ3n) is 1.94. The Morgan fingerprint density at radius 3 is 1.60 bits per heavy atom. The van der Waals surface area contributed by atoms with E-state index in [-0.39, 0.29) is 75.8 Å². The van der Waals surface area contributed by atoms with Crippen molar-refractivity contribution in [2.24, 2.45) is 0 Å². The van der Waals surface area contributed by atoms with E-state index in [1.807, 2.05) is 60.7 Å². The third-order valence-corrected chi connectivity index (χ3v) is 1.94. The number of fused-ring (bicyclic) bond motifs is 1. The topological polar surface area (TPSA) is 28.7 Å². The zero-order valence-corrected chi connectivity index (χ0v) is 15.7. The predicted octanol–water partition coefficient (Wildman–Crippen LogP) is -8.94. The number of H-pyrrole nitrogens is 1. The first-order valence-electron chi connectivity index (χ1n) is 4.77. The van der Waals surface area contributed by atoms with Gasteiger partial charge in [-0.3, -0.25) is 0 Å². The molecule has 0 atom stereocenters. The third kappa shape index (κ3) is 9.79. The molecule has 7 heteroatoms. The van der Waals surface area contributed by atoms with Crippen LogP contribution in [0.15, 0.2) is 60.7 Å². The first-order chi connectivity index (χ1) is 7.47. The Morgan fingerprint density at radius 1 is 0.700 bits per heavy atom. The van der Waals surface area contributed by atoms with Gasteiger partial charge in [-0.05, 0) is 6.33 Å². The molecule has 0 saturated carbocycles. The fourth-order valence-corrected chi connectivity index (χ4v) is 1.21. The van der Waals surface area contributed by atoms with Gasteiger partial charge >= 0.3 is 26.2 Å². The van der Waals surface area contributed by atoms with Gasteiger partial charge in [0.05, 0.1) is 0 Å². The van der Waals surface area contributed by atoms with E-state index in [4.69, 9.17) is 0 Å². The minimum atomic E-state index is 0. The van der Waals surface area contributed by atoms with Gasteiger partial charge in [-0.15, -0.1) is 12.1 Å². The average Bonchev–Trinajstić information content (AvgIpc) is 2.80. The minimum absolute atomic E-state index is 0. The van der Waals surface area contributed by atoms with E-state index in [0.29, 0.717) is 0 Å². The molecule has 0 aliphatic carbocycles. The first kappa shape index (κ1) is 28.2. The van der Waals surface area contributed by atoms with E-state index in [2.05, 4.69) is 16.3 Å². The van der Waals surface area contributed by atoms with Crippen molar-refractivity contribution in [1.29, 1.82) is 0 Å². The number of aromatic nitrogens is 2. The molecule has 0 fully saturated rings. The predicted molar refractivity (Wildman–Crippen MR) is 61.4 cm³/mol. The van der Waals surface area contributed by atoms with Crippen LogP contribution in [0.4, 0.5) is 0 Å². The van der Waals surface area contributed by atoms with Gasteiger partial charge in [-0.2, -0.15) is 0 Å². The number of hydrogen-bond donors (Lipinski definition) is 1. The second-order valence-corrected chi connectivity index (χ2v) is 3.02. The summed E-state index contributed by atoms with van der Waals surface area (Å²) in [5, 5.41) is 0. The van der Waals surface area contributed by atoms with Gasteiger partial charge in [0.15, 0.2) is 0 Å². The summed E-state index contributed by atoms with van der Waals surface area (Å²) in [5.41, 5.74) is 2.01. The largest absolute Gasteiger partial charge is 4.00 e. The molecule has 1 heterocycles. The molecule has 0 aliphatic heterocycles. The van der Waals surface area contributed by atoms with E-state index in [0.717, 1.165) is 11.0 Å². The van der Waals surface area contributed by atoms with Crippen LogP contribution in [0, 0.1) is 6.33 Å². The van der Waals surface area contributed by atoms with Crippen LogP contribution in [0.25, 0.3) is 11.0 Å². The van der Waals surface area contributed by atoms with Crippen LogP contribution in [-0.4, -0.2) is 9.97 Å². The number of rotatable bonds is 0. The molecule has 3 aromatic rings. The number of benzene rings is 2. The normalized spacial score (nSPS) is 7.00. The molecule has 2 nitrogen and oxygen atoms in total. The Labute approximate surface area is 162 Å². The Hall–Kier alpha value is -0.0469. The Bertz CT molecular complexity index is 463. The quantitative estimate of drug-likeness (QED) is 0.354. The molecule has 0 unspecified atom stereocenters. The average molecular weight is 428 g/mol. The maximum atomic E-state index is 3.94. The Kier molecular flexibility index (Phi) is 23.9. The van der Waals surface area contributed by atoms with Crippen LogP contribution in [0.1, 0.15) is 0 Å². The maximum absolute atomic E-state index is 3.94. The molecule has 0 bridgehead atoms. The molecule has 20 heavy (non-hydrogen) atoms. The fraction of sp³-hybridized carbons (Fsp3) is 0. The van der Waals surface area contributed by atoms with Gasteiger partial charge in [-0.1, -0.05) is 59.6 Å². The summed E-state index contributed by atoms with van der Waals surface area (Å²) in [4.78, 5) is 6.82. The standard InChI is InChI=1S/C7H5N2.C6H6.4ClH.Zr/c1-2-4-7-6(3-1)8-5-9-7;1-2-4-6-5-3-1;;;;;/h1-4H,(H,8,9);1-6H;4*1H;/q-1;;;;;;+4/p-4. The fourth-order valence-electron chi connectivity index (χ4n) is 1.21. The van der Waals surface area contributed by atoms with Gasteiger partial charge < -0.3 is 59.6 Å². The van der Waals surface area contributed by atoms with Crippen molar-refractivity contribution in [1.82, 2.24) is 9.97 Å². The molecule has 0 aliphatic rings. The molecule has 0 radical (unpaired) electrons. The van der Waals surface area contributed by atoms with Gasteiger partial charge in [0.2, 0.25) is 0 Å². The number of imidazole rings is 1. The summed E-state index contributed by atoms with van der Waals surface area (Å²) in [7, 11) is 0. The summed E-state index contributed by atoms with van der Waals surface area (Å²) in [6.07, 6.45) is 2.66. The monoisotopic (exact) mass is 425 g/mol. The van der Waals surface area contributed by atoms with Crippen molar-refractivity contribution in [3.8, 4) is 0 Å². The van der Waals surface area contributed by atoms with E-state index < -0.39 is 0 Å². The number of halogens is 4. The van der Waals surface area contributed by atoms with Crippen molar-refractivity contribution >= 4 is 11.0 Å². The van der Waals surface area contributed by atoms with Gasteiger partial charge in [-0.25, -0.2) is 0 Å². The zero-order valence-electron chi connectivity index (χ0n) is 10.2. The van der Waals surface area contributed by atoms with Gasteiger partial charge in [0.25, 0.3) is 0 Å². The van der Waals surface area contributed by atoms with Crippen LogP contribution in [0.5, 0.6) is 0 Å². The summed E-state index contributed by atoms with van der Waals surface area (Å²) < 4.78 is 0. The van der Waals surface area contributed by atoms with Crippen molar-refractivity contribution in [2.75, 3.05) is 0 Å². The molecular formula is C13H11Cl4N2Zr-. The van der Waals surface area contributed by atoms with Crippen molar-refractivity contribution in [2.45, 2.75) is 0 Å². The number of nitrogens with zero attached hydrogens (tertiary/aromatic N) is 1. The Morgan fingerprint density at radius 2 is 1.15 bits per heavy atom. The minimum Gasteiger partial charge on any atom is -1.00 e. The van der Waals surface area contributed by atoms with Gasteiger partial charge in [0, 0.05) is 0 Å². The molecule has 0 spiro atoms. The van der Waals surface area contributed by atoms with Gasteiger partial charge in [0.1, 0.15) is 0 Å². The van der Waals surface area contributed by atoms with Crippen LogP contribution >= 0.6 is 0 Å². The van der Waals surface area contributed by atoms with E-state index >= 15 is 0 Å². The first-order valence-corrected chi connectivity index (χ1v) is 4.77. The summed E-state index contributed by atoms with van der Waals surface area (Å²) >= 11 is 0. The summed E-state index contributed by atoms with van der Waals surface area (Å²) in [6.45, 7) is 0. The second-order valence-electron chi connectivity index (χ2n) is 3.02. The van der Waals surface area contributed by atoms with Crippen molar-refractivity contribution in [3.63, 3.8) is 0 Å². The number of aromatic amines is 1. The summed E-state index contributed by atoms with van der Waals surface area (Å²) in [6, 6.07) is 19.8. The van der Waals surface area contributed by atoms with Crippen LogP contribution < -0.4 is 49.6 Å². The van der Waals surface area contributed by atoms with Crippen LogP contribution in [0.3, 0.4) is 0 Å². The zero-order chi connectivity index (χ0) is 10.3. The van der Waals surface area contributed by atoms with E-state index in [9.17, 15) is 0 Å². The molecular weight excluding hydrogens is 417 g/mol. The molecule has 1 aromatic heterocycles. The van der Waals surface area contributed by atoms with Crippen molar-refractivity contribution in [3.05, 3.63) is 67.0 Å². The summed E-state index contributed by atoms with van der Waals surface area (Å²) in [5.74, 6) is 0. The van der Waals surface area contributed by atoms with E-state index in [1.54, 1.807) is 0 Å². The molecule has 1 N–H and O–H groups in total. The molecule has 0 saturated heterocycles. The van der Waals surface area contributed by atoms with Crippen LogP contribution in [0.2, 0.25) is 0 Å². The molecule has 0 amide bonds. The molecule has 106 valence electrons.